The first-order chi connectivity index (χ1) is 10.8. The van der Waals surface area contributed by atoms with E-state index >= 15 is 0 Å². The Morgan fingerprint density at radius 3 is 2.50 bits per heavy atom. The summed E-state index contributed by atoms with van der Waals surface area (Å²) in [7, 11) is 0. The lowest BCUT2D eigenvalue weighted by Crippen LogP contribution is -1.92. The van der Waals surface area contributed by atoms with Crippen molar-refractivity contribution in [3.05, 3.63) is 73.2 Å². The first-order valence-corrected chi connectivity index (χ1v) is 7.06. The molecular weight excluding hydrogens is 272 g/mol. The van der Waals surface area contributed by atoms with Crippen LogP contribution in [0.3, 0.4) is 0 Å². The predicted octanol–water partition coefficient (Wildman–Crippen LogP) is 3.65. The van der Waals surface area contributed by atoms with Gasteiger partial charge in [-0.1, -0.05) is 30.3 Å². The first kappa shape index (κ1) is 12.6. The van der Waals surface area contributed by atoms with Gasteiger partial charge in [0.05, 0.1) is 5.69 Å². The van der Waals surface area contributed by atoms with E-state index < -0.39 is 0 Å². The van der Waals surface area contributed by atoms with Gasteiger partial charge in [-0.05, 0) is 35.4 Å². The van der Waals surface area contributed by atoms with E-state index in [1.54, 1.807) is 6.20 Å². The summed E-state index contributed by atoms with van der Waals surface area (Å²) < 4.78 is 2.02. The minimum Gasteiger partial charge on any atom is -0.383 e. The van der Waals surface area contributed by atoms with Crippen LogP contribution in [0.4, 0.5) is 5.82 Å². The molecule has 3 heterocycles. The quantitative estimate of drug-likeness (QED) is 0.612. The molecule has 0 saturated heterocycles. The Morgan fingerprint density at radius 2 is 1.68 bits per heavy atom. The summed E-state index contributed by atoms with van der Waals surface area (Å²) >= 11 is 0. The van der Waals surface area contributed by atoms with Crippen LogP contribution in [0.15, 0.2) is 73.2 Å². The smallest absolute Gasteiger partial charge is 0.137 e. The number of pyridine rings is 2. The van der Waals surface area contributed by atoms with Gasteiger partial charge in [0, 0.05) is 24.2 Å². The Balaban J connectivity index is 1.84. The first-order valence-electron chi connectivity index (χ1n) is 7.06. The molecule has 0 unspecified atom stereocenters. The standard InChI is InChI=1S/C18H14N4/c19-18-15(7-4-10-20-18)16-12-22-11-14(8-9-17(22)21-16)13-5-2-1-3-6-13/h1-12H,(H2,19,20). The highest BCUT2D eigenvalue weighted by Gasteiger charge is 2.08. The number of imidazole rings is 1. The van der Waals surface area contributed by atoms with Crippen molar-refractivity contribution in [2.24, 2.45) is 0 Å². The summed E-state index contributed by atoms with van der Waals surface area (Å²) in [6.45, 7) is 0. The van der Waals surface area contributed by atoms with Crippen molar-refractivity contribution in [3.63, 3.8) is 0 Å². The van der Waals surface area contributed by atoms with Gasteiger partial charge in [0.2, 0.25) is 0 Å². The molecule has 2 N–H and O–H groups in total. The second-order valence-electron chi connectivity index (χ2n) is 5.11. The maximum absolute atomic E-state index is 5.94. The van der Waals surface area contributed by atoms with Gasteiger partial charge in [-0.2, -0.15) is 0 Å². The highest BCUT2D eigenvalue weighted by atomic mass is 15.0. The van der Waals surface area contributed by atoms with Crippen molar-refractivity contribution in [3.8, 4) is 22.4 Å². The Bertz CT molecular complexity index is 942. The molecule has 0 fully saturated rings. The molecule has 4 nitrogen and oxygen atoms in total. The van der Waals surface area contributed by atoms with Crippen molar-refractivity contribution < 1.29 is 0 Å². The highest BCUT2D eigenvalue weighted by Crippen LogP contribution is 2.25. The summed E-state index contributed by atoms with van der Waals surface area (Å²) in [4.78, 5) is 8.74. The van der Waals surface area contributed by atoms with Crippen LogP contribution in [0.25, 0.3) is 28.0 Å². The molecule has 0 saturated carbocycles. The largest absolute Gasteiger partial charge is 0.383 e. The van der Waals surface area contributed by atoms with Crippen LogP contribution in [0.1, 0.15) is 0 Å². The minimum absolute atomic E-state index is 0.495. The second-order valence-corrected chi connectivity index (χ2v) is 5.11. The van der Waals surface area contributed by atoms with Gasteiger partial charge in [0.15, 0.2) is 0 Å². The van der Waals surface area contributed by atoms with Crippen LogP contribution in [0.5, 0.6) is 0 Å². The maximum atomic E-state index is 5.94. The van der Waals surface area contributed by atoms with Gasteiger partial charge in [-0.25, -0.2) is 9.97 Å². The molecule has 0 amide bonds. The van der Waals surface area contributed by atoms with Crippen molar-refractivity contribution in [2.45, 2.75) is 0 Å². The number of nitrogen functional groups attached to an aromatic ring is 1. The summed E-state index contributed by atoms with van der Waals surface area (Å²) in [5, 5.41) is 0. The van der Waals surface area contributed by atoms with Gasteiger partial charge >= 0.3 is 0 Å². The van der Waals surface area contributed by atoms with E-state index in [0.717, 1.165) is 22.5 Å². The Labute approximate surface area is 127 Å². The Morgan fingerprint density at radius 1 is 0.818 bits per heavy atom. The van der Waals surface area contributed by atoms with Crippen LogP contribution in [-0.2, 0) is 0 Å². The molecule has 4 heteroatoms. The average molecular weight is 286 g/mol. The normalized spacial score (nSPS) is 10.9. The van der Waals surface area contributed by atoms with Crippen LogP contribution in [0.2, 0.25) is 0 Å². The fourth-order valence-corrected chi connectivity index (χ4v) is 2.56. The number of nitrogens with zero attached hydrogens (tertiary/aromatic N) is 3. The summed E-state index contributed by atoms with van der Waals surface area (Å²) in [5.41, 5.74) is 10.8. The Kier molecular flexibility index (Phi) is 2.86. The highest BCUT2D eigenvalue weighted by molar-refractivity contribution is 5.73. The number of nitrogens with two attached hydrogens (primary N) is 1. The van der Waals surface area contributed by atoms with Crippen molar-refractivity contribution >= 4 is 11.5 Å². The van der Waals surface area contributed by atoms with Crippen LogP contribution in [-0.4, -0.2) is 14.4 Å². The molecular formula is C18H14N4. The fourth-order valence-electron chi connectivity index (χ4n) is 2.56. The molecule has 4 rings (SSSR count). The summed E-state index contributed by atoms with van der Waals surface area (Å²) in [6, 6.07) is 18.2. The van der Waals surface area contributed by atoms with Crippen LogP contribution >= 0.6 is 0 Å². The molecule has 106 valence electrons. The molecule has 4 aromatic rings. The molecule has 0 spiro atoms. The number of aromatic nitrogens is 3. The molecule has 0 atom stereocenters. The third-order valence-electron chi connectivity index (χ3n) is 3.67. The molecule has 0 bridgehead atoms. The van der Waals surface area contributed by atoms with Crippen LogP contribution < -0.4 is 5.73 Å². The van der Waals surface area contributed by atoms with Gasteiger partial charge < -0.3 is 10.1 Å². The third kappa shape index (κ3) is 2.11. The van der Waals surface area contributed by atoms with E-state index in [2.05, 4.69) is 34.4 Å². The molecule has 0 aliphatic carbocycles. The van der Waals surface area contributed by atoms with E-state index in [1.165, 1.54) is 5.56 Å². The predicted molar refractivity (Wildman–Crippen MR) is 88.3 cm³/mol. The SMILES string of the molecule is Nc1ncccc1-c1cn2cc(-c3ccccc3)ccc2n1. The molecule has 0 aliphatic rings. The van der Waals surface area contributed by atoms with E-state index in [4.69, 9.17) is 5.73 Å². The van der Waals surface area contributed by atoms with Crippen LogP contribution in [0, 0.1) is 0 Å². The zero-order valence-corrected chi connectivity index (χ0v) is 11.8. The van der Waals surface area contributed by atoms with E-state index in [1.807, 2.05) is 47.0 Å². The average Bonchev–Trinajstić information content (AvgIpc) is 2.99. The topological polar surface area (TPSA) is 56.2 Å². The number of benzene rings is 1. The number of hydrogen-bond donors (Lipinski definition) is 1. The fraction of sp³-hybridized carbons (Fsp3) is 0. The Hall–Kier alpha value is -3.14. The van der Waals surface area contributed by atoms with E-state index in [-0.39, 0.29) is 0 Å². The van der Waals surface area contributed by atoms with Crippen molar-refractivity contribution in [1.82, 2.24) is 14.4 Å². The lowest BCUT2D eigenvalue weighted by molar-refractivity contribution is 1.19. The maximum Gasteiger partial charge on any atom is 0.137 e. The van der Waals surface area contributed by atoms with Gasteiger partial charge in [-0.15, -0.1) is 0 Å². The zero-order valence-electron chi connectivity index (χ0n) is 11.8. The second kappa shape index (κ2) is 5.00. The molecule has 1 aromatic carbocycles. The van der Waals surface area contributed by atoms with Gasteiger partial charge in [-0.3, -0.25) is 0 Å². The van der Waals surface area contributed by atoms with Gasteiger partial charge in [0.25, 0.3) is 0 Å². The molecule has 22 heavy (non-hydrogen) atoms. The summed E-state index contributed by atoms with van der Waals surface area (Å²) in [6.07, 6.45) is 5.74. The number of rotatable bonds is 2. The summed E-state index contributed by atoms with van der Waals surface area (Å²) in [5.74, 6) is 0.495. The molecule has 0 aliphatic heterocycles. The number of hydrogen-bond acceptors (Lipinski definition) is 3. The lowest BCUT2D eigenvalue weighted by atomic mass is 10.1. The van der Waals surface area contributed by atoms with Gasteiger partial charge in [0.1, 0.15) is 11.5 Å². The van der Waals surface area contributed by atoms with E-state index in [9.17, 15) is 0 Å². The van der Waals surface area contributed by atoms with E-state index in [0.29, 0.717) is 5.82 Å². The van der Waals surface area contributed by atoms with Crippen molar-refractivity contribution in [1.29, 1.82) is 0 Å². The zero-order chi connectivity index (χ0) is 14.9. The number of anilines is 1. The minimum atomic E-state index is 0.495. The van der Waals surface area contributed by atoms with Crippen molar-refractivity contribution in [2.75, 3.05) is 5.73 Å². The molecule has 3 aromatic heterocycles. The molecule has 0 radical (unpaired) electrons. The monoisotopic (exact) mass is 286 g/mol. The number of fused-ring (bicyclic) bond motifs is 1. The third-order valence-corrected chi connectivity index (χ3v) is 3.67. The lowest BCUT2D eigenvalue weighted by Gasteiger charge is -2.01.